The van der Waals surface area contributed by atoms with Gasteiger partial charge in [-0.15, -0.1) is 0 Å². The quantitative estimate of drug-likeness (QED) is 0.509. The van der Waals surface area contributed by atoms with Crippen molar-refractivity contribution >= 4 is 11.8 Å². The molecule has 0 aromatic carbocycles. The van der Waals surface area contributed by atoms with Crippen LogP contribution in [0.4, 0.5) is 0 Å². The molecule has 0 aliphatic carbocycles. The molecule has 2 amide bonds. The van der Waals surface area contributed by atoms with Crippen LogP contribution in [0.15, 0.2) is 0 Å². The highest BCUT2D eigenvalue weighted by Crippen LogP contribution is 2.34. The Bertz CT molecular complexity index is 244. The Balaban J connectivity index is 2.85. The maximum Gasteiger partial charge on any atom is 0.233 e. The van der Waals surface area contributed by atoms with Crippen LogP contribution in [-0.4, -0.2) is 23.7 Å². The minimum atomic E-state index is -0.246. The third kappa shape index (κ3) is 1.36. The molecule has 1 atom stereocenters. The number of imide groups is 1. The van der Waals surface area contributed by atoms with Gasteiger partial charge in [0.1, 0.15) is 0 Å². The molecule has 0 N–H and O–H groups in total. The SMILES string of the molecule is [2H]CN1C(=O)CC(C(C)(C)C)C1=O. The zero-order valence-corrected chi connectivity index (χ0v) is 7.76. The molecule has 3 heteroatoms. The molecule has 1 saturated heterocycles. The Morgan fingerprint density at radius 1 is 1.50 bits per heavy atom. The summed E-state index contributed by atoms with van der Waals surface area (Å²) in [4.78, 5) is 23.9. The van der Waals surface area contributed by atoms with Gasteiger partial charge in [-0.1, -0.05) is 20.8 Å². The van der Waals surface area contributed by atoms with E-state index in [1.54, 1.807) is 0 Å². The van der Waals surface area contributed by atoms with Gasteiger partial charge in [0.05, 0.1) is 5.92 Å². The number of hydrogen-bond donors (Lipinski definition) is 0. The molecular weight excluding hydrogens is 154 g/mol. The van der Waals surface area contributed by atoms with Crippen molar-refractivity contribution in [2.24, 2.45) is 11.3 Å². The van der Waals surface area contributed by atoms with Gasteiger partial charge in [-0.05, 0) is 5.41 Å². The molecule has 0 spiro atoms. The van der Waals surface area contributed by atoms with E-state index in [9.17, 15) is 9.59 Å². The molecule has 1 aliphatic rings. The Hall–Kier alpha value is -0.860. The second kappa shape index (κ2) is 2.57. The van der Waals surface area contributed by atoms with Crippen LogP contribution in [-0.2, 0) is 9.59 Å². The average molecular weight is 170 g/mol. The maximum atomic E-state index is 11.6. The predicted octanol–water partition coefficient (Wildman–Crippen LogP) is 1.04. The lowest BCUT2D eigenvalue weighted by Gasteiger charge is -2.23. The molecule has 0 saturated carbocycles. The van der Waals surface area contributed by atoms with Crippen molar-refractivity contribution in [1.29, 1.82) is 0 Å². The van der Waals surface area contributed by atoms with Crippen molar-refractivity contribution in [3.05, 3.63) is 0 Å². The molecule has 1 heterocycles. The van der Waals surface area contributed by atoms with Crippen molar-refractivity contribution < 1.29 is 11.0 Å². The summed E-state index contributed by atoms with van der Waals surface area (Å²) in [5.41, 5.74) is -0.184. The molecule has 68 valence electrons. The van der Waals surface area contributed by atoms with Gasteiger partial charge in [-0.25, -0.2) is 0 Å². The molecule has 12 heavy (non-hydrogen) atoms. The minimum Gasteiger partial charge on any atom is -0.285 e. The van der Waals surface area contributed by atoms with Crippen LogP contribution in [0.3, 0.4) is 0 Å². The molecule has 1 unspecified atom stereocenters. The summed E-state index contributed by atoms with van der Waals surface area (Å²) < 4.78 is 7.04. The van der Waals surface area contributed by atoms with Crippen molar-refractivity contribution in [3.63, 3.8) is 0 Å². The van der Waals surface area contributed by atoms with Crippen molar-refractivity contribution in [1.82, 2.24) is 4.90 Å². The number of carbonyl (C=O) groups excluding carboxylic acids is 2. The lowest BCUT2D eigenvalue weighted by Crippen LogP contribution is -2.30. The van der Waals surface area contributed by atoms with Gasteiger partial charge in [-0.2, -0.15) is 0 Å². The summed E-state index contributed by atoms with van der Waals surface area (Å²) in [5, 5.41) is 0. The molecular formula is C9H15NO2. The van der Waals surface area contributed by atoms with Gasteiger partial charge < -0.3 is 0 Å². The third-order valence-corrected chi connectivity index (χ3v) is 2.29. The summed E-state index contributed by atoms with van der Waals surface area (Å²) in [5.74, 6) is -0.641. The van der Waals surface area contributed by atoms with Crippen LogP contribution in [0.2, 0.25) is 0 Å². The molecule has 0 aromatic heterocycles. The summed E-state index contributed by atoms with van der Waals surface area (Å²) in [6, 6.07) is 0. The highest BCUT2D eigenvalue weighted by Gasteiger charge is 2.42. The van der Waals surface area contributed by atoms with Crippen LogP contribution in [0.5, 0.6) is 0 Å². The molecule has 0 radical (unpaired) electrons. The zero-order chi connectivity index (χ0) is 10.2. The Morgan fingerprint density at radius 2 is 2.08 bits per heavy atom. The Morgan fingerprint density at radius 3 is 2.33 bits per heavy atom. The van der Waals surface area contributed by atoms with Crippen LogP contribution in [0.25, 0.3) is 0 Å². The second-order valence-corrected chi connectivity index (χ2v) is 4.28. The lowest BCUT2D eigenvalue weighted by molar-refractivity contribution is -0.138. The fraction of sp³-hybridized carbons (Fsp3) is 0.778. The van der Waals surface area contributed by atoms with E-state index in [2.05, 4.69) is 0 Å². The Labute approximate surface area is 74.1 Å². The number of rotatable bonds is 0. The second-order valence-electron chi connectivity index (χ2n) is 4.28. The molecule has 0 bridgehead atoms. The van der Waals surface area contributed by atoms with E-state index in [1.165, 1.54) is 0 Å². The van der Waals surface area contributed by atoms with E-state index >= 15 is 0 Å². The predicted molar refractivity (Wildman–Crippen MR) is 45.3 cm³/mol. The van der Waals surface area contributed by atoms with E-state index < -0.39 is 0 Å². The first-order valence-corrected chi connectivity index (χ1v) is 4.01. The van der Waals surface area contributed by atoms with Crippen molar-refractivity contribution in [2.75, 3.05) is 7.02 Å². The third-order valence-electron chi connectivity index (χ3n) is 2.29. The first-order valence-electron chi connectivity index (χ1n) is 4.72. The number of likely N-dealkylation sites (tertiary alicyclic amines) is 1. The zero-order valence-electron chi connectivity index (χ0n) is 8.76. The van der Waals surface area contributed by atoms with Crippen LogP contribution < -0.4 is 0 Å². The summed E-state index contributed by atoms with van der Waals surface area (Å²) in [7, 11) is -0.246. The summed E-state index contributed by atoms with van der Waals surface area (Å²) in [6.07, 6.45) is 0.265. The fourth-order valence-electron chi connectivity index (χ4n) is 1.36. The van der Waals surface area contributed by atoms with Crippen molar-refractivity contribution in [3.8, 4) is 0 Å². The Kier molecular flexibility index (Phi) is 1.67. The average Bonchev–Trinajstić information content (AvgIpc) is 2.25. The van der Waals surface area contributed by atoms with E-state index in [0.717, 1.165) is 4.90 Å². The van der Waals surface area contributed by atoms with E-state index in [-0.39, 0.29) is 36.6 Å². The van der Waals surface area contributed by atoms with Crippen LogP contribution >= 0.6 is 0 Å². The first-order chi connectivity index (χ1) is 5.88. The van der Waals surface area contributed by atoms with Crippen LogP contribution in [0, 0.1) is 11.3 Å². The number of carbonyl (C=O) groups is 2. The summed E-state index contributed by atoms with van der Waals surface area (Å²) in [6.45, 7) is 5.82. The van der Waals surface area contributed by atoms with Gasteiger partial charge in [0, 0.05) is 14.8 Å². The first kappa shape index (κ1) is 7.77. The highest BCUT2D eigenvalue weighted by atomic mass is 16.2. The number of amides is 2. The molecule has 1 aliphatic heterocycles. The van der Waals surface area contributed by atoms with Gasteiger partial charge in [-0.3, -0.25) is 14.5 Å². The molecule has 1 fully saturated rings. The monoisotopic (exact) mass is 170 g/mol. The molecule has 0 aromatic rings. The normalized spacial score (nSPS) is 26.4. The van der Waals surface area contributed by atoms with Gasteiger partial charge in [0.15, 0.2) is 0 Å². The van der Waals surface area contributed by atoms with Gasteiger partial charge >= 0.3 is 0 Å². The largest absolute Gasteiger partial charge is 0.285 e. The maximum absolute atomic E-state index is 11.6. The molecule has 3 nitrogen and oxygen atoms in total. The minimum absolute atomic E-state index is 0.184. The van der Waals surface area contributed by atoms with Crippen LogP contribution in [0.1, 0.15) is 28.6 Å². The van der Waals surface area contributed by atoms with Gasteiger partial charge in [0.25, 0.3) is 0 Å². The highest BCUT2D eigenvalue weighted by molar-refractivity contribution is 6.03. The summed E-state index contributed by atoms with van der Waals surface area (Å²) >= 11 is 0. The van der Waals surface area contributed by atoms with Gasteiger partial charge in [0.2, 0.25) is 11.8 Å². The number of nitrogens with zero attached hydrogens (tertiary/aromatic N) is 1. The van der Waals surface area contributed by atoms with E-state index in [0.29, 0.717) is 0 Å². The fourth-order valence-corrected chi connectivity index (χ4v) is 1.36. The van der Waals surface area contributed by atoms with Crippen molar-refractivity contribution in [2.45, 2.75) is 27.2 Å². The van der Waals surface area contributed by atoms with E-state index in [1.807, 2.05) is 20.8 Å². The molecule has 1 rings (SSSR count). The van der Waals surface area contributed by atoms with E-state index in [4.69, 9.17) is 1.37 Å². The smallest absolute Gasteiger partial charge is 0.233 e. The standard InChI is InChI=1S/C9H15NO2/c1-9(2,3)6-5-7(11)10(4)8(6)12/h6H,5H2,1-4H3/i4D. The number of hydrogen-bond acceptors (Lipinski definition) is 2. The lowest BCUT2D eigenvalue weighted by atomic mass is 9.80. The topological polar surface area (TPSA) is 37.4 Å².